The van der Waals surface area contributed by atoms with Crippen molar-refractivity contribution >= 4 is 11.9 Å². The predicted octanol–water partition coefficient (Wildman–Crippen LogP) is 16.3. The highest BCUT2D eigenvalue weighted by Crippen LogP contribution is 2.17. The Labute approximate surface area is 395 Å². The Bertz CT molecular complexity index is 1230. The molecule has 0 saturated carbocycles. The number of amides is 1. The Morgan fingerprint density at radius 3 is 1.47 bits per heavy atom. The third-order valence-electron chi connectivity index (χ3n) is 11.8. The summed E-state index contributed by atoms with van der Waals surface area (Å²) < 4.78 is 5.89. The molecule has 0 bridgehead atoms. The summed E-state index contributed by atoms with van der Waals surface area (Å²) in [5.41, 5.74) is 0. The summed E-state index contributed by atoms with van der Waals surface area (Å²) in [5.74, 6) is -0.559. The van der Waals surface area contributed by atoms with Crippen LogP contribution < -0.4 is 5.32 Å². The molecule has 368 valence electrons. The van der Waals surface area contributed by atoms with Crippen molar-refractivity contribution in [3.8, 4) is 0 Å². The highest BCUT2D eigenvalue weighted by molar-refractivity contribution is 5.77. The second-order valence-electron chi connectivity index (χ2n) is 18.0. The average Bonchev–Trinajstić information content (AvgIpc) is 3.29. The number of esters is 1. The molecule has 1 amide bonds. The average molecular weight is 892 g/mol. The van der Waals surface area contributed by atoms with E-state index >= 15 is 0 Å². The monoisotopic (exact) mass is 892 g/mol. The minimum Gasteiger partial charge on any atom is -0.462 e. The molecular weight excluding hydrogens is 791 g/mol. The highest BCUT2D eigenvalue weighted by Gasteiger charge is 2.24. The number of aliphatic hydroxyl groups excluding tert-OH is 2. The van der Waals surface area contributed by atoms with Crippen LogP contribution in [0, 0.1) is 0 Å². The van der Waals surface area contributed by atoms with Crippen LogP contribution in [0.5, 0.6) is 0 Å². The molecule has 6 nitrogen and oxygen atoms in total. The molecule has 0 saturated heterocycles. The molecule has 0 rings (SSSR count). The lowest BCUT2D eigenvalue weighted by Crippen LogP contribution is -2.46. The van der Waals surface area contributed by atoms with Gasteiger partial charge in [0.2, 0.25) is 5.91 Å². The lowest BCUT2D eigenvalue weighted by Gasteiger charge is -2.24. The van der Waals surface area contributed by atoms with E-state index in [-0.39, 0.29) is 24.9 Å². The molecule has 0 aromatic heterocycles. The molecule has 64 heavy (non-hydrogen) atoms. The molecule has 0 aliphatic rings. The largest absolute Gasteiger partial charge is 0.462 e. The third kappa shape index (κ3) is 45.6. The fourth-order valence-corrected chi connectivity index (χ4v) is 7.75. The molecule has 0 aliphatic carbocycles. The number of rotatable bonds is 47. The van der Waals surface area contributed by atoms with Crippen molar-refractivity contribution in [2.45, 2.75) is 264 Å². The number of nitrogens with one attached hydrogen (secondary N) is 1. The maximum atomic E-state index is 13.2. The molecule has 0 spiro atoms. The number of aliphatic hydroxyl groups is 2. The third-order valence-corrected chi connectivity index (χ3v) is 11.8. The van der Waals surface area contributed by atoms with E-state index in [1.165, 1.54) is 122 Å². The topological polar surface area (TPSA) is 95.9 Å². The van der Waals surface area contributed by atoms with Gasteiger partial charge in [0, 0.05) is 6.42 Å². The first-order valence-electron chi connectivity index (χ1n) is 26.9. The second-order valence-corrected chi connectivity index (χ2v) is 18.0. The van der Waals surface area contributed by atoms with Gasteiger partial charge < -0.3 is 20.3 Å². The van der Waals surface area contributed by atoms with Gasteiger partial charge in [-0.1, -0.05) is 241 Å². The minimum atomic E-state index is -0.811. The van der Waals surface area contributed by atoms with Crippen LogP contribution in [0.2, 0.25) is 0 Å². The van der Waals surface area contributed by atoms with Gasteiger partial charge in [-0.05, 0) is 77.0 Å². The highest BCUT2D eigenvalue weighted by atomic mass is 16.5. The number of allylic oxidation sites excluding steroid dienone is 14. The van der Waals surface area contributed by atoms with E-state index in [0.717, 1.165) is 77.0 Å². The molecule has 3 atom stereocenters. The molecule has 6 heteroatoms. The van der Waals surface area contributed by atoms with Crippen LogP contribution >= 0.6 is 0 Å². The summed E-state index contributed by atoms with van der Waals surface area (Å²) >= 11 is 0. The Morgan fingerprint density at radius 1 is 0.484 bits per heavy atom. The number of ether oxygens (including phenoxy) is 1. The molecule has 0 aromatic carbocycles. The van der Waals surface area contributed by atoms with Crippen molar-refractivity contribution in [3.05, 3.63) is 85.1 Å². The first-order valence-corrected chi connectivity index (χ1v) is 26.9. The van der Waals surface area contributed by atoms with Crippen molar-refractivity contribution in [1.82, 2.24) is 5.32 Å². The standard InChI is InChI=1S/C58H101NO5/c1-4-7-10-13-16-19-22-24-26-27-28-29-31-33-36-39-42-45-48-51-58(63)64-54(49-46-43-40-37-34-21-18-15-12-9-6-3)52-57(62)59-55(53-60)56(61)50-47-44-41-38-35-32-30-25-23-20-17-14-11-8-5-2/h9,12,15-16,18-19,21,24,26,28-29,34,37,40,54-56,60-61H,4-8,10-11,13-14,17,20,22-23,25,27,30-33,35-36,38-39,41-53H2,1-3H3,(H,59,62)/b12-9+,18-15+,19-16-,26-24-,29-28-,34-21-,40-37-. The maximum absolute atomic E-state index is 13.2. The van der Waals surface area contributed by atoms with E-state index in [2.05, 4.69) is 74.7 Å². The molecule has 3 unspecified atom stereocenters. The second kappa shape index (κ2) is 51.0. The summed E-state index contributed by atoms with van der Waals surface area (Å²) in [6.45, 7) is 6.29. The zero-order valence-electron chi connectivity index (χ0n) is 41.9. The lowest BCUT2D eigenvalue weighted by molar-refractivity contribution is -0.151. The summed E-state index contributed by atoms with van der Waals surface area (Å²) in [5, 5.41) is 23.8. The smallest absolute Gasteiger partial charge is 0.306 e. The Hall–Kier alpha value is -2.96. The SMILES string of the molecule is CC/C=C/C=C/C=C\C=C/CCCC(CC(=O)NC(CO)C(O)CCCCCCCCCCCCCCCCC)OC(=O)CCCCCCCC/C=C\C/C=C\C/C=C\CCCCC. The zero-order chi connectivity index (χ0) is 46.7. The fourth-order valence-electron chi connectivity index (χ4n) is 7.75. The van der Waals surface area contributed by atoms with Crippen LogP contribution in [0.1, 0.15) is 245 Å². The van der Waals surface area contributed by atoms with Crippen molar-refractivity contribution < 1.29 is 24.5 Å². The number of hydrogen-bond donors (Lipinski definition) is 3. The van der Waals surface area contributed by atoms with Crippen molar-refractivity contribution in [1.29, 1.82) is 0 Å². The van der Waals surface area contributed by atoms with Gasteiger partial charge in [-0.3, -0.25) is 9.59 Å². The van der Waals surface area contributed by atoms with Gasteiger partial charge in [0.05, 0.1) is 25.2 Å². The van der Waals surface area contributed by atoms with Gasteiger partial charge in [-0.2, -0.15) is 0 Å². The Balaban J connectivity index is 4.57. The molecule has 0 radical (unpaired) electrons. The van der Waals surface area contributed by atoms with E-state index < -0.39 is 18.2 Å². The van der Waals surface area contributed by atoms with E-state index in [1.54, 1.807) is 0 Å². The molecule has 0 aliphatic heterocycles. The van der Waals surface area contributed by atoms with Crippen molar-refractivity contribution in [2.24, 2.45) is 0 Å². The summed E-state index contributed by atoms with van der Waals surface area (Å²) in [4.78, 5) is 26.1. The minimum absolute atomic E-state index is 0.0227. The first kappa shape index (κ1) is 61.0. The lowest BCUT2D eigenvalue weighted by atomic mass is 10.0. The van der Waals surface area contributed by atoms with Gasteiger partial charge in [0.15, 0.2) is 0 Å². The molecule has 0 aromatic rings. The Morgan fingerprint density at radius 2 is 0.922 bits per heavy atom. The van der Waals surface area contributed by atoms with Crippen LogP contribution in [0.3, 0.4) is 0 Å². The van der Waals surface area contributed by atoms with E-state index in [0.29, 0.717) is 19.3 Å². The predicted molar refractivity (Wildman–Crippen MR) is 278 cm³/mol. The van der Waals surface area contributed by atoms with Crippen LogP contribution in [-0.2, 0) is 14.3 Å². The van der Waals surface area contributed by atoms with E-state index in [1.807, 2.05) is 36.5 Å². The van der Waals surface area contributed by atoms with E-state index in [4.69, 9.17) is 4.74 Å². The zero-order valence-corrected chi connectivity index (χ0v) is 41.9. The van der Waals surface area contributed by atoms with E-state index in [9.17, 15) is 19.8 Å². The van der Waals surface area contributed by atoms with Gasteiger partial charge in [-0.15, -0.1) is 0 Å². The van der Waals surface area contributed by atoms with Crippen molar-refractivity contribution in [2.75, 3.05) is 6.61 Å². The van der Waals surface area contributed by atoms with Gasteiger partial charge >= 0.3 is 5.97 Å². The molecule has 0 heterocycles. The summed E-state index contributed by atoms with van der Waals surface area (Å²) in [6, 6.07) is -0.729. The summed E-state index contributed by atoms with van der Waals surface area (Å²) in [7, 11) is 0. The van der Waals surface area contributed by atoms with Gasteiger partial charge in [0.1, 0.15) is 6.10 Å². The van der Waals surface area contributed by atoms with Gasteiger partial charge in [0.25, 0.3) is 0 Å². The molecule has 3 N–H and O–H groups in total. The van der Waals surface area contributed by atoms with Crippen LogP contribution in [-0.4, -0.2) is 46.9 Å². The van der Waals surface area contributed by atoms with Crippen LogP contribution in [0.15, 0.2) is 85.1 Å². The number of unbranched alkanes of at least 4 members (excludes halogenated alkanes) is 24. The van der Waals surface area contributed by atoms with Crippen LogP contribution in [0.25, 0.3) is 0 Å². The van der Waals surface area contributed by atoms with Gasteiger partial charge in [-0.25, -0.2) is 0 Å². The van der Waals surface area contributed by atoms with Crippen molar-refractivity contribution in [3.63, 3.8) is 0 Å². The number of hydrogen-bond acceptors (Lipinski definition) is 5. The van der Waals surface area contributed by atoms with Crippen LogP contribution in [0.4, 0.5) is 0 Å². The normalized spacial score (nSPS) is 13.9. The fraction of sp³-hybridized carbons (Fsp3) is 0.724. The Kier molecular flexibility index (Phi) is 48.7. The quantitative estimate of drug-likeness (QED) is 0.0245. The molecular formula is C58H101NO5. The number of carbonyl (C=O) groups is 2. The maximum Gasteiger partial charge on any atom is 0.306 e. The molecule has 0 fully saturated rings. The number of carbonyl (C=O) groups excluding carboxylic acids is 2. The first-order chi connectivity index (χ1) is 31.5. The summed E-state index contributed by atoms with van der Waals surface area (Å²) in [6.07, 6.45) is 66.5.